The fourth-order valence-electron chi connectivity index (χ4n) is 4.51. The second-order valence-electron chi connectivity index (χ2n) is 9.05. The first kappa shape index (κ1) is 23.8. The van der Waals surface area contributed by atoms with Crippen LogP contribution in [0.15, 0.2) is 72.8 Å². The van der Waals surface area contributed by atoms with Crippen LogP contribution in [0, 0.1) is 0 Å². The molecule has 0 saturated carbocycles. The summed E-state index contributed by atoms with van der Waals surface area (Å²) >= 11 is -2.07. The van der Waals surface area contributed by atoms with Gasteiger partial charge >= 0.3 is 201 Å². The summed E-state index contributed by atoms with van der Waals surface area (Å²) in [7, 11) is 13.0. The average Bonchev–Trinajstić information content (AvgIpc) is 2.74. The van der Waals surface area contributed by atoms with Crippen LogP contribution in [0.3, 0.4) is 0 Å². The van der Waals surface area contributed by atoms with Gasteiger partial charge in [-0.25, -0.2) is 0 Å². The average molecular weight is 492 g/mol. The van der Waals surface area contributed by atoms with E-state index in [1.807, 2.05) is 0 Å². The van der Waals surface area contributed by atoms with Gasteiger partial charge in [0.25, 0.3) is 0 Å². The summed E-state index contributed by atoms with van der Waals surface area (Å²) in [5, 5.41) is 0. The number of hydrogen-bond acceptors (Lipinski definition) is 3. The molecule has 0 bridgehead atoms. The normalized spacial score (nSPS) is 10.6. The third-order valence-corrected chi connectivity index (χ3v) is 13.4. The van der Waals surface area contributed by atoms with Crippen molar-refractivity contribution in [3.05, 3.63) is 89.5 Å². The van der Waals surface area contributed by atoms with E-state index in [-0.39, 0.29) is 0 Å². The van der Waals surface area contributed by atoms with Crippen molar-refractivity contribution in [3.8, 4) is 0 Å². The van der Waals surface area contributed by atoms with Crippen LogP contribution in [-0.4, -0.2) is 42.3 Å². The fraction of sp³-hybridized carbons (Fsp3) is 0.333. The Morgan fingerprint density at radius 2 is 0.710 bits per heavy atom. The van der Waals surface area contributed by atoms with Gasteiger partial charge in [0.05, 0.1) is 0 Å². The monoisotopic (exact) mass is 491 g/mol. The van der Waals surface area contributed by atoms with Crippen molar-refractivity contribution < 1.29 is 27.4 Å². The van der Waals surface area contributed by atoms with Crippen LogP contribution in [-0.2, 0) is 37.1 Å². The SMILES string of the molecule is CN(C)c1ccccc1[CH2][Y]([CH2]c1ccccc1N(C)C)[CH2]c1ccccc1N(C)C. The van der Waals surface area contributed by atoms with E-state index >= 15 is 0 Å². The van der Waals surface area contributed by atoms with Gasteiger partial charge < -0.3 is 0 Å². The Morgan fingerprint density at radius 3 is 0.968 bits per heavy atom. The van der Waals surface area contributed by atoms with Crippen LogP contribution >= 0.6 is 0 Å². The van der Waals surface area contributed by atoms with Crippen LogP contribution in [0.5, 0.6) is 0 Å². The van der Waals surface area contributed by atoms with Crippen molar-refractivity contribution in [2.75, 3.05) is 57.0 Å². The van der Waals surface area contributed by atoms with E-state index in [0.29, 0.717) is 0 Å². The molecule has 0 amide bonds. The minimum absolute atomic E-state index is 1.26. The Morgan fingerprint density at radius 1 is 0.452 bits per heavy atom. The van der Waals surface area contributed by atoms with Gasteiger partial charge in [-0.05, 0) is 0 Å². The second kappa shape index (κ2) is 11.2. The van der Waals surface area contributed by atoms with Gasteiger partial charge in [0.15, 0.2) is 0 Å². The van der Waals surface area contributed by atoms with Crippen molar-refractivity contribution in [1.29, 1.82) is 0 Å². The number of nitrogens with zero attached hydrogens (tertiary/aromatic N) is 3. The summed E-state index contributed by atoms with van der Waals surface area (Å²) in [5.74, 6) is 0. The van der Waals surface area contributed by atoms with Gasteiger partial charge in [-0.15, -0.1) is 0 Å². The molecule has 0 fully saturated rings. The van der Waals surface area contributed by atoms with E-state index in [9.17, 15) is 0 Å². The Kier molecular flexibility index (Phi) is 8.57. The molecule has 162 valence electrons. The summed E-state index contributed by atoms with van der Waals surface area (Å²) in [5.41, 5.74) is 8.64. The van der Waals surface area contributed by atoms with Crippen molar-refractivity contribution in [1.82, 2.24) is 0 Å². The maximum atomic E-state index is 2.34. The van der Waals surface area contributed by atoms with Gasteiger partial charge in [0.2, 0.25) is 0 Å². The number of hydrogen-bond donors (Lipinski definition) is 0. The van der Waals surface area contributed by atoms with Crippen LogP contribution in [0.25, 0.3) is 0 Å². The molecule has 0 aliphatic rings. The minimum atomic E-state index is -2.07. The van der Waals surface area contributed by atoms with Crippen LogP contribution in [0.2, 0.25) is 0 Å². The zero-order valence-corrected chi connectivity index (χ0v) is 22.8. The zero-order valence-electron chi connectivity index (χ0n) is 20.0. The molecule has 31 heavy (non-hydrogen) atoms. The molecule has 0 aliphatic carbocycles. The van der Waals surface area contributed by atoms with Gasteiger partial charge in [-0.3, -0.25) is 0 Å². The summed E-state index contributed by atoms with van der Waals surface area (Å²) in [6, 6.07) is 26.9. The molecular formula is C27H36N3Y. The molecule has 3 aromatic rings. The molecule has 3 nitrogen and oxygen atoms in total. The van der Waals surface area contributed by atoms with Gasteiger partial charge in [0, 0.05) is 0 Å². The second-order valence-corrected chi connectivity index (χ2v) is 16.3. The van der Waals surface area contributed by atoms with E-state index in [2.05, 4.69) is 130 Å². The first-order chi connectivity index (χ1) is 14.9. The topological polar surface area (TPSA) is 9.72 Å². The molecular weight excluding hydrogens is 455 g/mol. The van der Waals surface area contributed by atoms with Crippen molar-refractivity contribution in [2.24, 2.45) is 0 Å². The van der Waals surface area contributed by atoms with Crippen LogP contribution in [0.1, 0.15) is 16.7 Å². The molecule has 0 aliphatic heterocycles. The third-order valence-electron chi connectivity index (χ3n) is 5.95. The Balaban J connectivity index is 1.97. The van der Waals surface area contributed by atoms with E-state index in [4.69, 9.17) is 0 Å². The number of rotatable bonds is 9. The predicted octanol–water partition coefficient (Wildman–Crippen LogP) is 5.40. The number of anilines is 3. The zero-order chi connectivity index (χ0) is 22.4. The van der Waals surface area contributed by atoms with Crippen LogP contribution < -0.4 is 14.7 Å². The molecule has 4 heteroatoms. The summed E-state index contributed by atoms with van der Waals surface area (Å²) in [4.78, 5) is 6.79. The Hall–Kier alpha value is -1.84. The fourth-order valence-corrected chi connectivity index (χ4v) is 12.7. The first-order valence-electron chi connectivity index (χ1n) is 11.1. The molecule has 0 saturated heterocycles. The third kappa shape index (κ3) is 6.34. The molecule has 3 aromatic carbocycles. The van der Waals surface area contributed by atoms with E-state index in [1.165, 1.54) is 43.4 Å². The quantitative estimate of drug-likeness (QED) is 0.397. The van der Waals surface area contributed by atoms with Crippen molar-refractivity contribution >= 4 is 17.1 Å². The molecule has 0 N–H and O–H groups in total. The first-order valence-corrected chi connectivity index (χ1v) is 17.1. The van der Waals surface area contributed by atoms with Crippen molar-refractivity contribution in [3.63, 3.8) is 0 Å². The molecule has 0 unspecified atom stereocenters. The summed E-state index contributed by atoms with van der Waals surface area (Å²) in [6.45, 7) is 0. The van der Waals surface area contributed by atoms with Crippen LogP contribution in [0.4, 0.5) is 17.1 Å². The molecule has 0 heterocycles. The van der Waals surface area contributed by atoms with Crippen molar-refractivity contribution in [2.45, 2.75) is 9.69 Å². The predicted molar refractivity (Wildman–Crippen MR) is 133 cm³/mol. The molecule has 0 atom stereocenters. The maximum absolute atomic E-state index is 2.34. The van der Waals surface area contributed by atoms with E-state index in [0.717, 1.165) is 0 Å². The Labute approximate surface area is 199 Å². The molecule has 0 spiro atoms. The summed E-state index contributed by atoms with van der Waals surface area (Å²) in [6.07, 6.45) is 0. The van der Waals surface area contributed by atoms with Gasteiger partial charge in [-0.2, -0.15) is 0 Å². The van der Waals surface area contributed by atoms with Gasteiger partial charge in [-0.1, -0.05) is 0 Å². The Bertz CT molecular complexity index is 854. The standard InChI is InChI=1S/3C9H12N.Y/c3*1-8-6-4-5-7-9(8)10(2)3;/h3*4-7H,1H2,2-3H3;. The molecule has 3 rings (SSSR count). The van der Waals surface area contributed by atoms with E-state index < -0.39 is 27.4 Å². The molecule has 0 aromatic heterocycles. The van der Waals surface area contributed by atoms with E-state index in [1.54, 1.807) is 0 Å². The summed E-state index contributed by atoms with van der Waals surface area (Å²) < 4.78 is 3.79. The van der Waals surface area contributed by atoms with Gasteiger partial charge in [0.1, 0.15) is 0 Å². The number of benzene rings is 3. The molecule has 0 radical (unpaired) electrons. The number of para-hydroxylation sites is 3.